The SMILES string of the molecule is CC1COB(c2ccc(Cn3cnc4c(=S)nc[nH]c43)cc2)O1.OB(O)c1ccc(Cn2cnc3c(=S)nc[nH]c32)cc1.Oc1ccc(Cn2cnc3c(=S)nc[nH]c32)cc1.S=c1nc[nH]c2c1ncn2Cc1ccc(B2OCCO2)cc1. The highest BCUT2D eigenvalue weighted by Crippen LogP contribution is 2.18. The van der Waals surface area contributed by atoms with E-state index in [-0.39, 0.29) is 26.1 Å². The molecule has 0 amide bonds. The smallest absolute Gasteiger partial charge is 0.494 e. The van der Waals surface area contributed by atoms with Crippen LogP contribution in [0.1, 0.15) is 29.2 Å². The molecule has 2 aliphatic rings. The molecule has 4 aromatic carbocycles. The Morgan fingerprint density at radius 1 is 0.470 bits per heavy atom. The van der Waals surface area contributed by atoms with Gasteiger partial charge in [-0.3, -0.25) is 0 Å². The van der Waals surface area contributed by atoms with Crippen LogP contribution >= 0.6 is 48.9 Å². The van der Waals surface area contributed by atoms with Crippen molar-refractivity contribution in [2.45, 2.75) is 39.2 Å². The molecule has 12 aromatic rings. The third-order valence-corrected chi connectivity index (χ3v) is 14.5. The van der Waals surface area contributed by atoms with E-state index in [1.165, 1.54) is 0 Å². The second-order valence-corrected chi connectivity index (χ2v) is 20.6. The first kappa shape index (κ1) is 56.6. The van der Waals surface area contributed by atoms with Gasteiger partial charge in [-0.05, 0) is 57.7 Å². The average Bonchev–Trinajstić information content (AvgIpc) is 4.55. The molecular weight excluding hydrogens is 1130 g/mol. The van der Waals surface area contributed by atoms with Gasteiger partial charge >= 0.3 is 21.4 Å². The van der Waals surface area contributed by atoms with E-state index in [2.05, 4.69) is 84.1 Å². The van der Waals surface area contributed by atoms with Gasteiger partial charge in [0.25, 0.3) is 0 Å². The molecule has 2 saturated heterocycles. The van der Waals surface area contributed by atoms with Crippen molar-refractivity contribution in [1.29, 1.82) is 0 Å². The zero-order chi connectivity index (χ0) is 57.4. The lowest BCUT2D eigenvalue weighted by molar-refractivity contribution is 0.258. The minimum Gasteiger partial charge on any atom is -0.508 e. The molecule has 2 fully saturated rings. The van der Waals surface area contributed by atoms with Crippen LogP contribution in [-0.4, -0.2) is 141 Å². The molecule has 0 saturated carbocycles. The van der Waals surface area contributed by atoms with Gasteiger partial charge in [0.1, 0.15) is 50.4 Å². The first-order valence-electron chi connectivity index (χ1n) is 25.9. The van der Waals surface area contributed by atoms with Crippen molar-refractivity contribution < 1.29 is 33.8 Å². The summed E-state index contributed by atoms with van der Waals surface area (Å²) in [5, 5.41) is 27.4. The first-order chi connectivity index (χ1) is 40.4. The number of nitrogens with zero attached hydrogens (tertiary/aromatic N) is 12. The van der Waals surface area contributed by atoms with Gasteiger partial charge in [0, 0.05) is 0 Å². The maximum Gasteiger partial charge on any atom is 0.494 e. The Kier molecular flexibility index (Phi) is 17.6. The summed E-state index contributed by atoms with van der Waals surface area (Å²) >= 11 is 20.6. The Hall–Kier alpha value is -8.29. The van der Waals surface area contributed by atoms with Crippen LogP contribution in [0.5, 0.6) is 5.75 Å². The molecule has 83 heavy (non-hydrogen) atoms. The molecule has 14 rings (SSSR count). The van der Waals surface area contributed by atoms with Crippen molar-refractivity contribution in [2.24, 2.45) is 0 Å². The van der Waals surface area contributed by atoms with Crippen molar-refractivity contribution >= 4 is 131 Å². The quantitative estimate of drug-likeness (QED) is 0.0630. The molecule has 416 valence electrons. The Morgan fingerprint density at radius 3 is 1.12 bits per heavy atom. The zero-order valence-corrected chi connectivity index (χ0v) is 47.4. The summed E-state index contributed by atoms with van der Waals surface area (Å²) in [5.41, 5.74) is 13.2. The van der Waals surface area contributed by atoms with Crippen LogP contribution in [0.2, 0.25) is 0 Å². The minimum absolute atomic E-state index is 0.147. The molecule has 0 bridgehead atoms. The molecule has 30 heteroatoms. The number of rotatable bonds is 11. The molecule has 1 atom stereocenters. The van der Waals surface area contributed by atoms with Gasteiger partial charge in [-0.1, -0.05) is 134 Å². The molecule has 8 aromatic heterocycles. The summed E-state index contributed by atoms with van der Waals surface area (Å²) in [6.45, 7) is 6.63. The monoisotopic (exact) mass is 1180 g/mol. The zero-order valence-electron chi connectivity index (χ0n) is 44.1. The highest BCUT2D eigenvalue weighted by molar-refractivity contribution is 7.72. The summed E-state index contributed by atoms with van der Waals surface area (Å²) in [6.07, 6.45) is 13.4. The van der Waals surface area contributed by atoms with Crippen LogP contribution in [0.25, 0.3) is 44.7 Å². The Balaban J connectivity index is 0.000000116. The van der Waals surface area contributed by atoms with Gasteiger partial charge in [0.05, 0.1) is 103 Å². The van der Waals surface area contributed by atoms with Crippen molar-refractivity contribution in [3.05, 3.63) is 188 Å². The number of fused-ring (bicyclic) bond motifs is 4. The number of phenols is 1. The van der Waals surface area contributed by atoms with Gasteiger partial charge in [-0.15, -0.1) is 0 Å². The van der Waals surface area contributed by atoms with Crippen LogP contribution < -0.4 is 16.4 Å². The van der Waals surface area contributed by atoms with Gasteiger partial charge in [0.15, 0.2) is 18.6 Å². The summed E-state index contributed by atoms with van der Waals surface area (Å²) < 4.78 is 32.2. The largest absolute Gasteiger partial charge is 0.508 e. The van der Waals surface area contributed by atoms with Gasteiger partial charge in [0.2, 0.25) is 0 Å². The van der Waals surface area contributed by atoms with Crippen molar-refractivity contribution in [1.82, 2.24) is 78.1 Å². The van der Waals surface area contributed by atoms with Crippen molar-refractivity contribution in [3.8, 4) is 5.75 Å². The number of aromatic amines is 4. The lowest BCUT2D eigenvalue weighted by atomic mass is 9.79. The lowest BCUT2D eigenvalue weighted by Gasteiger charge is -2.08. The minimum atomic E-state index is -1.44. The predicted molar refractivity (Wildman–Crippen MR) is 324 cm³/mol. The Morgan fingerprint density at radius 2 is 0.795 bits per heavy atom. The van der Waals surface area contributed by atoms with E-state index < -0.39 is 7.12 Å². The van der Waals surface area contributed by atoms with Gasteiger partial charge in [-0.2, -0.15) is 0 Å². The molecule has 1 unspecified atom stereocenters. The maximum atomic E-state index is 9.24. The third kappa shape index (κ3) is 13.5. The molecule has 0 spiro atoms. The van der Waals surface area contributed by atoms with E-state index in [9.17, 15) is 5.11 Å². The molecule has 0 radical (unpaired) electrons. The second-order valence-electron chi connectivity index (χ2n) is 19.1. The van der Waals surface area contributed by atoms with E-state index in [1.54, 1.807) is 74.9 Å². The third-order valence-electron chi connectivity index (χ3n) is 13.3. The van der Waals surface area contributed by atoms with Crippen LogP contribution in [-0.2, 0) is 44.8 Å². The van der Waals surface area contributed by atoms with E-state index in [0.717, 1.165) is 66.8 Å². The number of hydrogen-bond donors (Lipinski definition) is 7. The molecule has 7 N–H and O–H groups in total. The number of hydrogen-bond acceptors (Lipinski definition) is 19. The fourth-order valence-electron chi connectivity index (χ4n) is 9.07. The number of imidazole rings is 4. The number of phenolic OH excluding ortho intramolecular Hbond substituents is 1. The second kappa shape index (κ2) is 25.9. The number of aromatic nitrogens is 16. The number of aromatic hydroxyl groups is 1. The molecule has 23 nitrogen and oxygen atoms in total. The van der Waals surface area contributed by atoms with E-state index in [1.807, 2.05) is 73.7 Å². The number of nitrogens with one attached hydrogen (secondary N) is 4. The van der Waals surface area contributed by atoms with E-state index in [4.69, 9.17) is 77.5 Å². The maximum absolute atomic E-state index is 9.24. The van der Waals surface area contributed by atoms with Gasteiger partial charge in [-0.25, -0.2) is 39.9 Å². The van der Waals surface area contributed by atoms with Gasteiger partial charge < -0.3 is 72.0 Å². The molecule has 2 aliphatic heterocycles. The van der Waals surface area contributed by atoms with Crippen LogP contribution in [0, 0.1) is 18.6 Å². The summed E-state index contributed by atoms with van der Waals surface area (Å²) in [7, 11) is -1.93. The predicted octanol–water partition coefficient (Wildman–Crippen LogP) is 5.41. The van der Waals surface area contributed by atoms with Crippen molar-refractivity contribution in [3.63, 3.8) is 0 Å². The fraction of sp³-hybridized carbons (Fsp3) is 0.170. The highest BCUT2D eigenvalue weighted by Gasteiger charge is 2.30. The topological polar surface area (TPSA) is 284 Å². The van der Waals surface area contributed by atoms with Crippen molar-refractivity contribution in [2.75, 3.05) is 19.8 Å². The summed E-state index contributed by atoms with van der Waals surface area (Å²) in [4.78, 5) is 45.5. The van der Waals surface area contributed by atoms with Crippen LogP contribution in [0.4, 0.5) is 0 Å². The summed E-state index contributed by atoms with van der Waals surface area (Å²) in [6, 6.07) is 30.6. The summed E-state index contributed by atoms with van der Waals surface area (Å²) in [5.74, 6) is 0.262. The normalized spacial score (nSPS) is 13.9. The fourth-order valence-corrected chi connectivity index (χ4v) is 9.88. The molecular formula is C53H49B3N16O7S4. The number of benzene rings is 4. The standard InChI is InChI=1S/C15H15BN4O2S.C14H13BN4O2S.C12H11BN4O2S.C12H10N4OS/c1-10-7-21-16(22-10)12-4-2-11(3-5-12)6-20-9-19-13-14(20)17-8-18-15(13)23;22-14-12-13(16-8-17-14)19(9-18-12)7-10-1-3-11(4-2-10)15-20-5-6-21-15;18-13(19)9-3-1-8(2-4-9)5-17-7-16-10-11(17)14-6-15-12(10)20;17-9-3-1-8(2-4-9)5-16-7-15-10-11(16)13-6-14-12(10)18/h2-5,8-10H,6-7H2,1H3,(H,17,18,23);1-4,8-9H,5-7H2,(H,16,17,22);1-4,6-7,18-19H,5H2,(H,14,15,20);1-4,6-7,17H,5H2,(H,13,14,18). The van der Waals surface area contributed by atoms with E-state index >= 15 is 0 Å². The number of H-pyrrole nitrogens is 4. The lowest BCUT2D eigenvalue weighted by Crippen LogP contribution is -2.32. The Labute approximate surface area is 493 Å². The average molecular weight is 1180 g/mol. The first-order valence-corrected chi connectivity index (χ1v) is 27.5. The van der Waals surface area contributed by atoms with Crippen LogP contribution in [0.3, 0.4) is 0 Å². The van der Waals surface area contributed by atoms with Crippen LogP contribution in [0.15, 0.2) is 148 Å². The van der Waals surface area contributed by atoms with E-state index in [0.29, 0.717) is 81.1 Å². The Bertz CT molecular complexity index is 4420. The molecule has 0 aliphatic carbocycles. The molecule has 10 heterocycles. The highest BCUT2D eigenvalue weighted by atomic mass is 32.1.